The van der Waals surface area contributed by atoms with Crippen molar-refractivity contribution in [3.8, 4) is 0 Å². The zero-order chi connectivity index (χ0) is 20.4. The first-order valence-corrected chi connectivity index (χ1v) is 9.35. The van der Waals surface area contributed by atoms with Crippen LogP contribution in [0.15, 0.2) is 18.2 Å². The number of halogens is 1. The molecule has 0 saturated carbocycles. The maximum Gasteiger partial charge on any atom is 0.408 e. The normalized spacial score (nSPS) is 14.1. The molecule has 2 amide bonds. The molecule has 0 radical (unpaired) electrons. The van der Waals surface area contributed by atoms with Gasteiger partial charge in [-0.25, -0.2) is 14.2 Å². The van der Waals surface area contributed by atoms with E-state index in [2.05, 4.69) is 15.6 Å². The van der Waals surface area contributed by atoms with Crippen molar-refractivity contribution in [2.75, 3.05) is 0 Å². The minimum atomic E-state index is -1.52. The van der Waals surface area contributed by atoms with Crippen LogP contribution >= 0.6 is 11.3 Å². The molecule has 0 aliphatic carbocycles. The molecule has 2 rings (SSSR count). The molecule has 148 valence electrons. The number of nitrogens with one attached hydrogen (secondary N) is 2. The number of aliphatic hydroxyl groups is 1. The first-order valence-electron chi connectivity index (χ1n) is 8.53. The van der Waals surface area contributed by atoms with Gasteiger partial charge in [0.05, 0.1) is 28.0 Å². The Morgan fingerprint density at radius 3 is 2.52 bits per heavy atom. The van der Waals surface area contributed by atoms with Gasteiger partial charge in [0.15, 0.2) is 0 Å². The Balaban J connectivity index is 2.13. The number of alkyl carbamates (subject to hydrolysis) is 1. The van der Waals surface area contributed by atoms with Crippen LogP contribution in [0.25, 0.3) is 10.2 Å². The molecule has 0 saturated heterocycles. The van der Waals surface area contributed by atoms with Crippen molar-refractivity contribution in [3.63, 3.8) is 0 Å². The molecular formula is C18H24FN3O4S. The van der Waals surface area contributed by atoms with E-state index >= 15 is 0 Å². The van der Waals surface area contributed by atoms with Gasteiger partial charge in [0, 0.05) is 0 Å². The van der Waals surface area contributed by atoms with Crippen LogP contribution in [0, 0.1) is 5.82 Å². The average molecular weight is 397 g/mol. The van der Waals surface area contributed by atoms with Gasteiger partial charge in [-0.05, 0) is 52.8 Å². The Morgan fingerprint density at radius 1 is 1.26 bits per heavy atom. The summed E-state index contributed by atoms with van der Waals surface area (Å²) in [7, 11) is 0. The fourth-order valence-corrected chi connectivity index (χ4v) is 3.38. The number of amides is 2. The first kappa shape index (κ1) is 21.0. The number of rotatable bonds is 6. The summed E-state index contributed by atoms with van der Waals surface area (Å²) >= 11 is 1.26. The maximum absolute atomic E-state index is 13.3. The number of ether oxygens (including phenoxy) is 1. The van der Waals surface area contributed by atoms with Gasteiger partial charge >= 0.3 is 6.09 Å². The van der Waals surface area contributed by atoms with Crippen LogP contribution in [-0.4, -0.2) is 39.8 Å². The summed E-state index contributed by atoms with van der Waals surface area (Å²) in [5.41, 5.74) is -0.883. The van der Waals surface area contributed by atoms with Gasteiger partial charge in [-0.1, -0.05) is 0 Å². The summed E-state index contributed by atoms with van der Waals surface area (Å²) in [4.78, 5) is 28.9. The molecule has 2 aromatic rings. The minimum Gasteiger partial charge on any atom is -0.447 e. The molecule has 2 unspecified atom stereocenters. The third-order valence-electron chi connectivity index (χ3n) is 3.67. The van der Waals surface area contributed by atoms with E-state index in [9.17, 15) is 19.1 Å². The molecular weight excluding hydrogens is 373 g/mol. The van der Waals surface area contributed by atoms with E-state index in [4.69, 9.17) is 4.74 Å². The third-order valence-corrected chi connectivity index (χ3v) is 4.87. The monoisotopic (exact) mass is 397 g/mol. The Labute approximate surface area is 160 Å². The van der Waals surface area contributed by atoms with Crippen molar-refractivity contribution in [3.05, 3.63) is 29.0 Å². The Kier molecular flexibility index (Phi) is 6.38. The molecule has 0 spiro atoms. The van der Waals surface area contributed by atoms with Gasteiger partial charge in [-0.3, -0.25) is 4.79 Å². The molecule has 1 aromatic heterocycles. The lowest BCUT2D eigenvalue weighted by Crippen LogP contribution is -2.58. The number of hydrogen-bond acceptors (Lipinski definition) is 6. The number of carbonyl (C=O) groups is 2. The number of aromatic nitrogens is 1. The number of hydrogen-bond donors (Lipinski definition) is 3. The van der Waals surface area contributed by atoms with Crippen molar-refractivity contribution in [1.29, 1.82) is 0 Å². The summed E-state index contributed by atoms with van der Waals surface area (Å²) in [5.74, 6) is -0.939. The van der Waals surface area contributed by atoms with E-state index < -0.39 is 29.7 Å². The first-order chi connectivity index (χ1) is 12.5. The van der Waals surface area contributed by atoms with Crippen molar-refractivity contribution in [1.82, 2.24) is 15.6 Å². The summed E-state index contributed by atoms with van der Waals surface area (Å²) in [6.07, 6.45) is -1.16. The average Bonchev–Trinajstić information content (AvgIpc) is 2.93. The van der Waals surface area contributed by atoms with E-state index in [0.717, 1.165) is 0 Å². The Bertz CT molecular complexity index is 832. The summed E-state index contributed by atoms with van der Waals surface area (Å²) in [6.45, 7) is 7.91. The van der Waals surface area contributed by atoms with Crippen LogP contribution in [0.4, 0.5) is 9.18 Å². The highest BCUT2D eigenvalue weighted by Gasteiger charge is 2.36. The van der Waals surface area contributed by atoms with Gasteiger partial charge in [0.2, 0.25) is 5.91 Å². The number of fused-ring (bicyclic) bond motifs is 1. The zero-order valence-electron chi connectivity index (χ0n) is 15.9. The van der Waals surface area contributed by atoms with Crippen molar-refractivity contribution in [2.24, 2.45) is 0 Å². The van der Waals surface area contributed by atoms with Crippen molar-refractivity contribution in [2.45, 2.75) is 58.4 Å². The summed E-state index contributed by atoms with van der Waals surface area (Å²) in [5, 5.41) is 16.0. The van der Waals surface area contributed by atoms with E-state index in [1.165, 1.54) is 37.3 Å². The van der Waals surface area contributed by atoms with E-state index in [1.807, 2.05) is 0 Å². The van der Waals surface area contributed by atoms with Crippen LogP contribution in [0.3, 0.4) is 0 Å². The molecule has 27 heavy (non-hydrogen) atoms. The Hall–Kier alpha value is -2.26. The quantitative estimate of drug-likeness (QED) is 0.696. The molecule has 0 fully saturated rings. The molecule has 0 aliphatic heterocycles. The molecule has 2 atom stereocenters. The second-order valence-corrected chi connectivity index (χ2v) is 8.14. The molecule has 3 N–H and O–H groups in total. The summed E-state index contributed by atoms with van der Waals surface area (Å²) < 4.78 is 19.0. The lowest BCUT2D eigenvalue weighted by Gasteiger charge is -2.29. The van der Waals surface area contributed by atoms with Gasteiger partial charge in [-0.2, -0.15) is 0 Å². The predicted octanol–water partition coefficient (Wildman–Crippen LogP) is 2.89. The van der Waals surface area contributed by atoms with Gasteiger partial charge in [0.1, 0.15) is 16.9 Å². The highest BCUT2D eigenvalue weighted by molar-refractivity contribution is 7.18. The second-order valence-electron chi connectivity index (χ2n) is 7.08. The molecule has 1 aromatic carbocycles. The topological polar surface area (TPSA) is 101 Å². The lowest BCUT2D eigenvalue weighted by atomic mass is 9.98. The van der Waals surface area contributed by atoms with E-state index in [-0.39, 0.29) is 11.9 Å². The largest absolute Gasteiger partial charge is 0.447 e. The van der Waals surface area contributed by atoms with Crippen LogP contribution in [0.2, 0.25) is 0 Å². The third kappa shape index (κ3) is 5.61. The molecule has 1 heterocycles. The van der Waals surface area contributed by atoms with Crippen LogP contribution in [0.5, 0.6) is 0 Å². The van der Waals surface area contributed by atoms with Gasteiger partial charge in [-0.15, -0.1) is 11.3 Å². The fraction of sp³-hybridized carbons (Fsp3) is 0.500. The van der Waals surface area contributed by atoms with Crippen LogP contribution in [0.1, 0.15) is 45.7 Å². The number of thiazole rings is 1. The van der Waals surface area contributed by atoms with Crippen LogP contribution in [-0.2, 0) is 9.53 Å². The predicted molar refractivity (Wildman–Crippen MR) is 101 cm³/mol. The van der Waals surface area contributed by atoms with Gasteiger partial charge in [0.25, 0.3) is 0 Å². The SMILES string of the molecule is CC(C)OC(=O)NC(C(=O)NC(C)c1nc2ccc(F)cc2s1)C(C)(C)O. The smallest absolute Gasteiger partial charge is 0.408 e. The number of benzene rings is 1. The standard InChI is InChI=1S/C18H24FN3O4S/c1-9(2)26-17(24)22-14(18(4,5)25)15(23)20-10(3)16-21-12-7-6-11(19)8-13(12)27-16/h6-10,14,25H,1-5H3,(H,20,23)(H,22,24). The molecule has 9 heteroatoms. The van der Waals surface area contributed by atoms with Crippen LogP contribution < -0.4 is 10.6 Å². The second kappa shape index (κ2) is 8.18. The number of nitrogens with zero attached hydrogens (tertiary/aromatic N) is 1. The van der Waals surface area contributed by atoms with Crippen molar-refractivity contribution >= 4 is 33.6 Å². The minimum absolute atomic E-state index is 0.357. The number of carbonyl (C=O) groups excluding carboxylic acids is 2. The lowest BCUT2D eigenvalue weighted by molar-refractivity contribution is -0.129. The Morgan fingerprint density at radius 2 is 1.93 bits per heavy atom. The maximum atomic E-state index is 13.3. The van der Waals surface area contributed by atoms with E-state index in [0.29, 0.717) is 15.2 Å². The molecule has 7 nitrogen and oxygen atoms in total. The fourth-order valence-electron chi connectivity index (χ4n) is 2.39. The molecule has 0 bridgehead atoms. The highest BCUT2D eigenvalue weighted by Crippen LogP contribution is 2.27. The van der Waals surface area contributed by atoms with E-state index in [1.54, 1.807) is 26.8 Å². The zero-order valence-corrected chi connectivity index (χ0v) is 16.7. The molecule has 0 aliphatic rings. The van der Waals surface area contributed by atoms with Gasteiger partial charge < -0.3 is 20.5 Å². The highest BCUT2D eigenvalue weighted by atomic mass is 32.1. The van der Waals surface area contributed by atoms with Crippen molar-refractivity contribution < 1.29 is 23.8 Å². The summed E-state index contributed by atoms with van der Waals surface area (Å²) in [6, 6.07) is 2.56.